The van der Waals surface area contributed by atoms with Gasteiger partial charge < -0.3 is 11.1 Å². The van der Waals surface area contributed by atoms with E-state index >= 15 is 0 Å². The standard InChI is InChI=1S/C16H28N4.HI/c1-13(2)10-18-16(17)19-11-14(3)20(4)12-15-8-6-5-7-9-15;/h5-9,13-14H,10-12H2,1-4H3,(H3,17,18,19);1H. The molecule has 4 nitrogen and oxygen atoms in total. The molecule has 0 radical (unpaired) electrons. The zero-order valence-electron chi connectivity index (χ0n) is 13.5. The Balaban J connectivity index is 0.00000400. The Bertz CT molecular complexity index is 406. The summed E-state index contributed by atoms with van der Waals surface area (Å²) in [6, 6.07) is 10.9. The van der Waals surface area contributed by atoms with Gasteiger partial charge in [-0.3, -0.25) is 9.89 Å². The molecule has 3 N–H and O–H groups in total. The molecule has 1 unspecified atom stereocenters. The molecule has 0 aliphatic rings. The molecule has 0 fully saturated rings. The van der Waals surface area contributed by atoms with Crippen molar-refractivity contribution in [3.8, 4) is 0 Å². The summed E-state index contributed by atoms with van der Waals surface area (Å²) < 4.78 is 0. The Labute approximate surface area is 146 Å². The number of rotatable bonds is 7. The largest absolute Gasteiger partial charge is 0.370 e. The van der Waals surface area contributed by atoms with Crippen molar-refractivity contribution in [2.45, 2.75) is 33.4 Å². The Morgan fingerprint density at radius 2 is 1.86 bits per heavy atom. The van der Waals surface area contributed by atoms with E-state index in [1.54, 1.807) is 0 Å². The summed E-state index contributed by atoms with van der Waals surface area (Å²) in [5.41, 5.74) is 7.17. The van der Waals surface area contributed by atoms with E-state index in [2.05, 4.69) is 67.3 Å². The number of hydrogen-bond donors (Lipinski definition) is 2. The summed E-state index contributed by atoms with van der Waals surface area (Å²) in [5, 5.41) is 3.19. The summed E-state index contributed by atoms with van der Waals surface area (Å²) in [6.07, 6.45) is 0. The number of hydrogen-bond acceptors (Lipinski definition) is 2. The van der Waals surface area contributed by atoms with E-state index in [-0.39, 0.29) is 24.0 Å². The van der Waals surface area contributed by atoms with Gasteiger partial charge in [-0.25, -0.2) is 0 Å². The third-order valence-corrected chi connectivity index (χ3v) is 3.23. The molecule has 1 aromatic carbocycles. The monoisotopic (exact) mass is 404 g/mol. The molecule has 0 heterocycles. The van der Waals surface area contributed by atoms with E-state index in [0.717, 1.165) is 19.6 Å². The van der Waals surface area contributed by atoms with Crippen molar-refractivity contribution < 1.29 is 0 Å². The van der Waals surface area contributed by atoms with Gasteiger partial charge in [0.2, 0.25) is 0 Å². The van der Waals surface area contributed by atoms with Crippen LogP contribution < -0.4 is 11.1 Å². The van der Waals surface area contributed by atoms with E-state index in [0.29, 0.717) is 17.9 Å². The Morgan fingerprint density at radius 1 is 1.24 bits per heavy atom. The van der Waals surface area contributed by atoms with Crippen LogP contribution in [0.1, 0.15) is 26.3 Å². The predicted molar refractivity (Wildman–Crippen MR) is 102 cm³/mol. The van der Waals surface area contributed by atoms with Crippen LogP contribution in [-0.4, -0.2) is 37.0 Å². The van der Waals surface area contributed by atoms with Crippen LogP contribution in [0.4, 0.5) is 0 Å². The average molecular weight is 404 g/mol. The highest BCUT2D eigenvalue weighted by Crippen LogP contribution is 2.05. The molecule has 0 aromatic heterocycles. The number of nitrogens with zero attached hydrogens (tertiary/aromatic N) is 2. The van der Waals surface area contributed by atoms with Crippen molar-refractivity contribution in [2.75, 3.05) is 20.1 Å². The van der Waals surface area contributed by atoms with E-state index in [9.17, 15) is 0 Å². The second-order valence-electron chi connectivity index (χ2n) is 5.75. The van der Waals surface area contributed by atoms with Crippen LogP contribution in [0.25, 0.3) is 0 Å². The van der Waals surface area contributed by atoms with E-state index in [1.165, 1.54) is 5.56 Å². The number of nitrogens with one attached hydrogen (secondary N) is 1. The smallest absolute Gasteiger partial charge is 0.188 e. The maximum Gasteiger partial charge on any atom is 0.188 e. The van der Waals surface area contributed by atoms with E-state index < -0.39 is 0 Å². The minimum Gasteiger partial charge on any atom is -0.370 e. The number of halogens is 1. The van der Waals surface area contributed by atoms with E-state index in [1.807, 2.05) is 6.07 Å². The van der Waals surface area contributed by atoms with Crippen LogP contribution in [0.2, 0.25) is 0 Å². The molecule has 120 valence electrons. The molecule has 0 spiro atoms. The highest BCUT2D eigenvalue weighted by atomic mass is 127. The zero-order valence-corrected chi connectivity index (χ0v) is 15.9. The van der Waals surface area contributed by atoms with E-state index in [4.69, 9.17) is 5.73 Å². The second kappa shape index (κ2) is 10.8. The van der Waals surface area contributed by atoms with Crippen molar-refractivity contribution in [3.63, 3.8) is 0 Å². The van der Waals surface area contributed by atoms with Gasteiger partial charge in [-0.2, -0.15) is 0 Å². The lowest BCUT2D eigenvalue weighted by Crippen LogP contribution is -2.42. The maximum atomic E-state index is 5.84. The summed E-state index contributed by atoms with van der Waals surface area (Å²) in [4.78, 5) is 6.61. The zero-order chi connectivity index (χ0) is 15.0. The summed E-state index contributed by atoms with van der Waals surface area (Å²) in [7, 11) is 2.13. The Kier molecular flexibility index (Phi) is 10.4. The molecule has 0 aliphatic heterocycles. The summed E-state index contributed by atoms with van der Waals surface area (Å²) in [6.45, 7) is 8.96. The molecule has 0 amide bonds. The van der Waals surface area contributed by atoms with Gasteiger partial charge in [-0.05, 0) is 25.5 Å². The average Bonchev–Trinajstić information content (AvgIpc) is 2.43. The molecule has 1 atom stereocenters. The van der Waals surface area contributed by atoms with Gasteiger partial charge in [-0.1, -0.05) is 44.2 Å². The first-order chi connectivity index (χ1) is 9.49. The first-order valence-electron chi connectivity index (χ1n) is 7.27. The van der Waals surface area contributed by atoms with Gasteiger partial charge in [0.05, 0.1) is 0 Å². The van der Waals surface area contributed by atoms with Crippen LogP contribution >= 0.6 is 24.0 Å². The number of likely N-dealkylation sites (N-methyl/N-ethyl adjacent to an activating group) is 1. The molecule has 0 bridgehead atoms. The number of nitrogens with two attached hydrogens (primary N) is 1. The summed E-state index contributed by atoms with van der Waals surface area (Å²) in [5.74, 6) is 1.08. The van der Waals surface area contributed by atoms with Crippen molar-refractivity contribution >= 4 is 29.9 Å². The van der Waals surface area contributed by atoms with Gasteiger partial charge in [0.25, 0.3) is 0 Å². The molecule has 1 rings (SSSR count). The fraction of sp³-hybridized carbons (Fsp3) is 0.562. The van der Waals surface area contributed by atoms with Crippen LogP contribution in [0.15, 0.2) is 35.3 Å². The van der Waals surface area contributed by atoms with Gasteiger partial charge in [-0.15, -0.1) is 24.0 Å². The molecular formula is C16H29IN4. The first-order valence-corrected chi connectivity index (χ1v) is 7.27. The van der Waals surface area contributed by atoms with Gasteiger partial charge in [0, 0.05) is 25.7 Å². The minimum absolute atomic E-state index is 0. The molecule has 1 aromatic rings. The Morgan fingerprint density at radius 3 is 2.43 bits per heavy atom. The minimum atomic E-state index is 0. The van der Waals surface area contributed by atoms with Crippen molar-refractivity contribution in [3.05, 3.63) is 35.9 Å². The molecule has 5 heteroatoms. The highest BCUT2D eigenvalue weighted by molar-refractivity contribution is 14.0. The normalized spacial score (nSPS) is 13.1. The lowest BCUT2D eigenvalue weighted by molar-refractivity contribution is 0.249. The quantitative estimate of drug-likeness (QED) is 0.418. The first kappa shape index (κ1) is 20.2. The topological polar surface area (TPSA) is 53.6 Å². The number of aliphatic imine (C=N–C) groups is 1. The lowest BCUT2D eigenvalue weighted by atomic mass is 10.2. The molecule has 0 saturated heterocycles. The highest BCUT2D eigenvalue weighted by Gasteiger charge is 2.09. The van der Waals surface area contributed by atoms with Gasteiger partial charge >= 0.3 is 0 Å². The third kappa shape index (κ3) is 8.93. The fourth-order valence-electron chi connectivity index (χ4n) is 1.77. The van der Waals surface area contributed by atoms with Gasteiger partial charge in [0.15, 0.2) is 5.96 Å². The summed E-state index contributed by atoms with van der Waals surface area (Å²) >= 11 is 0. The van der Waals surface area contributed by atoms with Crippen LogP contribution in [0.5, 0.6) is 0 Å². The lowest BCUT2D eigenvalue weighted by Gasteiger charge is -2.25. The van der Waals surface area contributed by atoms with Crippen molar-refractivity contribution in [2.24, 2.45) is 16.6 Å². The Hall–Kier alpha value is -0.820. The molecular weight excluding hydrogens is 375 g/mol. The van der Waals surface area contributed by atoms with Crippen molar-refractivity contribution in [1.82, 2.24) is 10.2 Å². The van der Waals surface area contributed by atoms with Crippen molar-refractivity contribution in [1.29, 1.82) is 0 Å². The molecule has 0 aliphatic carbocycles. The van der Waals surface area contributed by atoms with Crippen LogP contribution in [0.3, 0.4) is 0 Å². The third-order valence-electron chi connectivity index (χ3n) is 3.23. The second-order valence-corrected chi connectivity index (χ2v) is 5.75. The fourth-order valence-corrected chi connectivity index (χ4v) is 1.77. The number of benzene rings is 1. The SMILES string of the molecule is CC(C)CN=C(N)NCC(C)N(C)Cc1ccccc1.I. The number of guanidine groups is 1. The van der Waals surface area contributed by atoms with Gasteiger partial charge in [0.1, 0.15) is 0 Å². The maximum absolute atomic E-state index is 5.84. The molecule has 21 heavy (non-hydrogen) atoms. The van der Waals surface area contributed by atoms with Crippen LogP contribution in [0, 0.1) is 5.92 Å². The molecule has 0 saturated carbocycles. The predicted octanol–water partition coefficient (Wildman–Crippen LogP) is 2.69. The van der Waals surface area contributed by atoms with Crippen LogP contribution in [-0.2, 0) is 6.54 Å².